The second-order valence-corrected chi connectivity index (χ2v) is 7.21. The maximum Gasteiger partial charge on any atom is 0.489 e. The molecule has 2 N–H and O–H groups in total. The van der Waals surface area contributed by atoms with E-state index in [1.165, 1.54) is 45.0 Å². The number of alkyl halides is 6. The van der Waals surface area contributed by atoms with E-state index in [-0.39, 0.29) is 5.56 Å². The quantitative estimate of drug-likeness (QED) is 0.579. The van der Waals surface area contributed by atoms with Crippen LogP contribution in [0, 0.1) is 0 Å². The van der Waals surface area contributed by atoms with Crippen LogP contribution in [0.5, 0.6) is 0 Å². The van der Waals surface area contributed by atoms with Crippen molar-refractivity contribution in [3.8, 4) is 0 Å². The molecule has 0 spiro atoms. The fourth-order valence-electron chi connectivity index (χ4n) is 2.98. The van der Waals surface area contributed by atoms with Crippen molar-refractivity contribution in [2.24, 2.45) is 0 Å². The summed E-state index contributed by atoms with van der Waals surface area (Å²) in [6, 6.07) is 7.35. The number of benzene rings is 1. The minimum atomic E-state index is -5.62. The minimum absolute atomic E-state index is 0.210. The molecule has 0 radical (unpaired) electrons. The van der Waals surface area contributed by atoms with Crippen LogP contribution in [-0.4, -0.2) is 39.8 Å². The van der Waals surface area contributed by atoms with Gasteiger partial charge < -0.3 is 9.84 Å². The second kappa shape index (κ2) is 6.87. The number of carboxylic acid groups (broad SMARTS) is 1. The molecule has 2 rings (SSSR count). The van der Waals surface area contributed by atoms with Crippen LogP contribution in [0.4, 0.5) is 26.3 Å². The molecule has 1 aliphatic rings. The lowest BCUT2D eigenvalue weighted by atomic mass is 10.0. The number of hydrogen-bond donors (Lipinski definition) is 2. The average Bonchev–Trinajstić information content (AvgIpc) is 2.81. The molecule has 0 amide bonds. The Bertz CT molecular complexity index is 768. The minimum Gasteiger partial charge on any atom is -0.475 e. The lowest BCUT2D eigenvalue weighted by Crippen LogP contribution is -2.67. The molecule has 1 aliphatic heterocycles. The largest absolute Gasteiger partial charge is 0.489 e. The number of hydrogen-bond acceptors (Lipinski definition) is 4. The van der Waals surface area contributed by atoms with Crippen molar-refractivity contribution < 1.29 is 41.0 Å². The predicted molar refractivity (Wildman–Crippen MR) is 85.5 cm³/mol. The van der Waals surface area contributed by atoms with Gasteiger partial charge in [-0.05, 0) is 26.3 Å². The third kappa shape index (κ3) is 4.51. The number of nitrogens with one attached hydrogen (secondary N) is 1. The molecule has 0 saturated carbocycles. The molecule has 11 heteroatoms. The Hall–Kier alpha value is -2.43. The molecule has 0 saturated heterocycles. The highest BCUT2D eigenvalue weighted by molar-refractivity contribution is 5.86. The molecule has 1 aromatic carbocycles. The molecule has 0 aromatic heterocycles. The van der Waals surface area contributed by atoms with Crippen LogP contribution in [0.25, 0.3) is 0 Å². The van der Waals surface area contributed by atoms with Crippen LogP contribution in [0.2, 0.25) is 0 Å². The summed E-state index contributed by atoms with van der Waals surface area (Å²) < 4.78 is 86.9. The maximum absolute atomic E-state index is 13.8. The van der Waals surface area contributed by atoms with E-state index in [1.54, 1.807) is 6.07 Å². The molecular weight excluding hydrogens is 394 g/mol. The first-order valence-corrected chi connectivity index (χ1v) is 8.01. The zero-order valence-corrected chi connectivity index (χ0v) is 15.1. The fraction of sp³-hybridized carbons (Fsp3) is 0.471. The maximum atomic E-state index is 13.8. The SMILES string of the molecule is CC(C)(C)NC1(Cc2ccccc2)OC(C(=O)O)=C(C(F)(F)F)N1C(F)(F)F. The van der Waals surface area contributed by atoms with Gasteiger partial charge in [0, 0.05) is 12.0 Å². The molecule has 1 heterocycles. The van der Waals surface area contributed by atoms with Crippen LogP contribution < -0.4 is 5.32 Å². The summed E-state index contributed by atoms with van der Waals surface area (Å²) in [4.78, 5) is 10.3. The summed E-state index contributed by atoms with van der Waals surface area (Å²) in [5.41, 5.74) is -3.37. The highest BCUT2D eigenvalue weighted by atomic mass is 19.4. The molecule has 0 bridgehead atoms. The summed E-state index contributed by atoms with van der Waals surface area (Å²) in [7, 11) is 0. The molecule has 0 fully saturated rings. The number of ether oxygens (including phenoxy) is 1. The Morgan fingerprint density at radius 3 is 2.04 bits per heavy atom. The van der Waals surface area contributed by atoms with Crippen molar-refractivity contribution in [1.82, 2.24) is 10.2 Å². The van der Waals surface area contributed by atoms with E-state index in [4.69, 9.17) is 9.84 Å². The normalized spacial score (nSPS) is 21.1. The smallest absolute Gasteiger partial charge is 0.475 e. The Morgan fingerprint density at radius 1 is 1.11 bits per heavy atom. The van der Waals surface area contributed by atoms with Crippen LogP contribution in [-0.2, 0) is 16.0 Å². The van der Waals surface area contributed by atoms with E-state index in [2.05, 4.69) is 5.32 Å². The summed E-state index contributed by atoms with van der Waals surface area (Å²) >= 11 is 0. The van der Waals surface area contributed by atoms with Crippen LogP contribution in [0.1, 0.15) is 26.3 Å². The van der Waals surface area contributed by atoms with Gasteiger partial charge in [0.1, 0.15) is 0 Å². The van der Waals surface area contributed by atoms with Crippen molar-refractivity contribution in [2.75, 3.05) is 0 Å². The first-order valence-electron chi connectivity index (χ1n) is 8.01. The van der Waals surface area contributed by atoms with Crippen molar-refractivity contribution >= 4 is 5.97 Å². The molecule has 28 heavy (non-hydrogen) atoms. The first kappa shape index (κ1) is 21.9. The molecule has 1 unspecified atom stereocenters. The average molecular weight is 412 g/mol. The Labute approximate surface area is 156 Å². The standard InChI is InChI=1S/C17H18F6N2O3/c1-14(2,3)24-15(9-10-7-5-4-6-8-10)25(17(21,22)23)12(16(18,19)20)11(28-15)13(26)27/h4-8,24H,9H2,1-3H3,(H,26,27). The lowest BCUT2D eigenvalue weighted by molar-refractivity contribution is -0.313. The molecule has 1 aromatic rings. The summed E-state index contributed by atoms with van der Waals surface area (Å²) in [6.45, 7) is 4.26. The van der Waals surface area contributed by atoms with Crippen molar-refractivity contribution in [3.05, 3.63) is 47.4 Å². The first-order chi connectivity index (χ1) is 12.6. The zero-order chi connectivity index (χ0) is 21.5. The molecule has 156 valence electrons. The van der Waals surface area contributed by atoms with Crippen LogP contribution in [0.3, 0.4) is 0 Å². The van der Waals surface area contributed by atoms with E-state index in [9.17, 15) is 31.1 Å². The van der Waals surface area contributed by atoms with Gasteiger partial charge in [0.25, 0.3) is 5.85 Å². The van der Waals surface area contributed by atoms with Gasteiger partial charge in [-0.3, -0.25) is 5.32 Å². The summed E-state index contributed by atoms with van der Waals surface area (Å²) in [5.74, 6) is -6.93. The highest BCUT2D eigenvalue weighted by Crippen LogP contribution is 2.49. The van der Waals surface area contributed by atoms with Gasteiger partial charge in [-0.25, -0.2) is 9.69 Å². The van der Waals surface area contributed by atoms with Gasteiger partial charge in [-0.1, -0.05) is 30.3 Å². The molecule has 5 nitrogen and oxygen atoms in total. The van der Waals surface area contributed by atoms with Gasteiger partial charge in [-0.15, -0.1) is 13.2 Å². The number of allylic oxidation sites excluding steroid dienone is 1. The van der Waals surface area contributed by atoms with E-state index in [0.717, 1.165) is 0 Å². The zero-order valence-electron chi connectivity index (χ0n) is 15.1. The van der Waals surface area contributed by atoms with Gasteiger partial charge in [0.2, 0.25) is 5.76 Å². The van der Waals surface area contributed by atoms with E-state index < -0.39 is 52.6 Å². The lowest BCUT2D eigenvalue weighted by Gasteiger charge is -2.44. The second-order valence-electron chi connectivity index (χ2n) is 7.21. The van der Waals surface area contributed by atoms with E-state index in [0.29, 0.717) is 0 Å². The monoisotopic (exact) mass is 412 g/mol. The van der Waals surface area contributed by atoms with Gasteiger partial charge in [-0.2, -0.15) is 13.2 Å². The molecule has 0 aliphatic carbocycles. The number of carbonyl (C=O) groups is 1. The van der Waals surface area contributed by atoms with Crippen molar-refractivity contribution in [2.45, 2.75) is 51.1 Å². The third-order valence-electron chi connectivity index (χ3n) is 3.64. The summed E-state index contributed by atoms with van der Waals surface area (Å²) in [5, 5.41) is 11.5. The van der Waals surface area contributed by atoms with Gasteiger partial charge in [0.05, 0.1) is 0 Å². The van der Waals surface area contributed by atoms with Crippen LogP contribution in [0.15, 0.2) is 41.8 Å². The molecule has 1 atom stereocenters. The molecular formula is C17H18F6N2O3. The number of rotatable bonds is 4. The van der Waals surface area contributed by atoms with E-state index in [1.807, 2.05) is 0 Å². The number of aliphatic carboxylic acids is 1. The Morgan fingerprint density at radius 2 is 1.64 bits per heavy atom. The topological polar surface area (TPSA) is 61.8 Å². The third-order valence-corrected chi connectivity index (χ3v) is 3.64. The fourth-order valence-corrected chi connectivity index (χ4v) is 2.98. The van der Waals surface area contributed by atoms with Crippen molar-refractivity contribution in [1.29, 1.82) is 0 Å². The van der Waals surface area contributed by atoms with E-state index >= 15 is 0 Å². The predicted octanol–water partition coefficient (Wildman–Crippen LogP) is 3.98. The number of carboxylic acids is 1. The number of halogens is 6. The Kier molecular flexibility index (Phi) is 5.37. The summed E-state index contributed by atoms with van der Waals surface area (Å²) in [6.07, 6.45) is -11.9. The van der Waals surface area contributed by atoms with Crippen LogP contribution >= 0.6 is 0 Å². The Balaban J connectivity index is 2.74. The van der Waals surface area contributed by atoms with Gasteiger partial charge in [0.15, 0.2) is 5.70 Å². The number of nitrogens with zero attached hydrogens (tertiary/aromatic N) is 1. The van der Waals surface area contributed by atoms with Gasteiger partial charge >= 0.3 is 18.4 Å². The van der Waals surface area contributed by atoms with Crippen molar-refractivity contribution in [3.63, 3.8) is 0 Å². The highest BCUT2D eigenvalue weighted by Gasteiger charge is 2.66.